The molecule has 3 aromatic rings. The molecular weight excluding hydrogens is 271 g/mol. The van der Waals surface area contributed by atoms with Crippen LogP contribution in [0.3, 0.4) is 0 Å². The molecule has 0 unspecified atom stereocenters. The van der Waals surface area contributed by atoms with E-state index in [4.69, 9.17) is 5.73 Å². The molecule has 6 heteroatoms. The van der Waals surface area contributed by atoms with Crippen LogP contribution >= 0.6 is 24.8 Å². The van der Waals surface area contributed by atoms with Crippen molar-refractivity contribution in [3.05, 3.63) is 36.3 Å². The van der Waals surface area contributed by atoms with Gasteiger partial charge in [0.15, 0.2) is 0 Å². The number of nitrogens with one attached hydrogen (secondary N) is 1. The van der Waals surface area contributed by atoms with Crippen molar-refractivity contribution < 1.29 is 0 Å². The highest BCUT2D eigenvalue weighted by atomic mass is 35.5. The molecule has 0 amide bonds. The van der Waals surface area contributed by atoms with Gasteiger partial charge in [-0.3, -0.25) is 4.98 Å². The van der Waals surface area contributed by atoms with Crippen molar-refractivity contribution >= 4 is 46.8 Å². The van der Waals surface area contributed by atoms with Gasteiger partial charge < -0.3 is 10.7 Å². The van der Waals surface area contributed by atoms with Gasteiger partial charge in [-0.2, -0.15) is 0 Å². The molecule has 1 aromatic carbocycles. The van der Waals surface area contributed by atoms with E-state index in [-0.39, 0.29) is 24.8 Å². The van der Waals surface area contributed by atoms with Gasteiger partial charge >= 0.3 is 0 Å². The van der Waals surface area contributed by atoms with Gasteiger partial charge in [0.1, 0.15) is 5.82 Å². The predicted octanol–water partition coefficient (Wildman–Crippen LogP) is 2.46. The molecule has 0 saturated heterocycles. The first-order chi connectivity index (χ1) is 7.88. The predicted molar refractivity (Wildman–Crippen MR) is 78.6 cm³/mol. The lowest BCUT2D eigenvalue weighted by Crippen LogP contribution is -2.03. The smallest absolute Gasteiger partial charge is 0.108 e. The number of para-hydroxylation sites is 1. The van der Waals surface area contributed by atoms with Crippen molar-refractivity contribution in [2.24, 2.45) is 5.73 Å². The maximum Gasteiger partial charge on any atom is 0.108 e. The third-order valence-electron chi connectivity index (χ3n) is 2.65. The van der Waals surface area contributed by atoms with Gasteiger partial charge in [-0.25, -0.2) is 4.98 Å². The van der Waals surface area contributed by atoms with E-state index in [0.717, 1.165) is 34.2 Å². The molecule has 0 spiro atoms. The minimum Gasteiger partial charge on any atom is -0.341 e. The van der Waals surface area contributed by atoms with E-state index in [1.54, 1.807) is 0 Å². The second-order valence-electron chi connectivity index (χ2n) is 3.76. The van der Waals surface area contributed by atoms with Crippen LogP contribution in [0.15, 0.2) is 30.5 Å². The molecule has 2 aromatic heterocycles. The Morgan fingerprint density at radius 1 is 1.17 bits per heavy atom. The Balaban J connectivity index is 0.000000810. The number of hydrogen-bond acceptors (Lipinski definition) is 3. The van der Waals surface area contributed by atoms with Crippen molar-refractivity contribution in [1.29, 1.82) is 0 Å². The average molecular weight is 285 g/mol. The van der Waals surface area contributed by atoms with E-state index in [2.05, 4.69) is 15.0 Å². The van der Waals surface area contributed by atoms with Crippen molar-refractivity contribution in [3.8, 4) is 0 Å². The number of aromatic amines is 1. The Labute approximate surface area is 117 Å². The summed E-state index contributed by atoms with van der Waals surface area (Å²) in [6.45, 7) is 0.602. The number of benzene rings is 1. The highest BCUT2D eigenvalue weighted by Crippen LogP contribution is 2.21. The number of H-pyrrole nitrogens is 1. The first-order valence-corrected chi connectivity index (χ1v) is 5.31. The van der Waals surface area contributed by atoms with E-state index >= 15 is 0 Å². The Morgan fingerprint density at radius 2 is 1.94 bits per heavy atom. The summed E-state index contributed by atoms with van der Waals surface area (Å²) in [5.74, 6) is 0.927. The summed E-state index contributed by atoms with van der Waals surface area (Å²) < 4.78 is 0. The van der Waals surface area contributed by atoms with Crippen LogP contribution in [0, 0.1) is 0 Å². The molecule has 2 heterocycles. The van der Waals surface area contributed by atoms with Crippen LogP contribution in [0.2, 0.25) is 0 Å². The van der Waals surface area contributed by atoms with Crippen LogP contribution < -0.4 is 5.73 Å². The fourth-order valence-corrected chi connectivity index (χ4v) is 1.91. The summed E-state index contributed by atoms with van der Waals surface area (Å²) in [6, 6.07) is 8.01. The van der Waals surface area contributed by atoms with Crippen molar-refractivity contribution in [2.75, 3.05) is 6.54 Å². The number of nitrogens with two attached hydrogens (primary N) is 1. The van der Waals surface area contributed by atoms with Crippen molar-refractivity contribution in [2.45, 2.75) is 6.42 Å². The number of rotatable bonds is 2. The van der Waals surface area contributed by atoms with Crippen LogP contribution in [0.5, 0.6) is 0 Å². The summed E-state index contributed by atoms with van der Waals surface area (Å²) >= 11 is 0. The number of nitrogens with zero attached hydrogens (tertiary/aromatic N) is 2. The van der Waals surface area contributed by atoms with Gasteiger partial charge in [0.05, 0.1) is 22.7 Å². The summed E-state index contributed by atoms with van der Waals surface area (Å²) in [5, 5.41) is 1.08. The minimum atomic E-state index is 0. The van der Waals surface area contributed by atoms with Crippen LogP contribution in [0.4, 0.5) is 0 Å². The fourth-order valence-electron chi connectivity index (χ4n) is 1.91. The van der Waals surface area contributed by atoms with Gasteiger partial charge in [-0.05, 0) is 12.6 Å². The average Bonchev–Trinajstić information content (AvgIpc) is 2.72. The fraction of sp³-hybridized carbons (Fsp3) is 0.167. The lowest BCUT2D eigenvalue weighted by Gasteiger charge is -1.95. The molecule has 96 valence electrons. The molecule has 0 aliphatic carbocycles. The highest BCUT2D eigenvalue weighted by molar-refractivity contribution is 6.01. The molecule has 0 saturated carbocycles. The number of aromatic nitrogens is 3. The highest BCUT2D eigenvalue weighted by Gasteiger charge is 2.06. The van der Waals surface area contributed by atoms with Crippen LogP contribution in [0.1, 0.15) is 5.82 Å². The number of pyridine rings is 1. The lowest BCUT2D eigenvalue weighted by atomic mass is 10.2. The standard InChI is InChI=1S/C12H12N4.2ClH/c13-6-5-11-15-10-7-14-9-4-2-1-3-8(9)12(10)16-11;;/h1-4,7H,5-6,13H2,(H,15,16);2*1H. The maximum absolute atomic E-state index is 5.52. The molecular formula is C12H14Cl2N4. The number of imidazole rings is 1. The Hall–Kier alpha value is -1.36. The van der Waals surface area contributed by atoms with E-state index < -0.39 is 0 Å². The van der Waals surface area contributed by atoms with Crippen molar-refractivity contribution in [1.82, 2.24) is 15.0 Å². The normalized spacial score (nSPS) is 10.1. The molecule has 0 fully saturated rings. The van der Waals surface area contributed by atoms with Crippen molar-refractivity contribution in [3.63, 3.8) is 0 Å². The van der Waals surface area contributed by atoms with Gasteiger partial charge in [-0.15, -0.1) is 24.8 Å². The molecule has 0 aliphatic heterocycles. The monoisotopic (exact) mass is 284 g/mol. The lowest BCUT2D eigenvalue weighted by molar-refractivity contribution is 0.900. The summed E-state index contributed by atoms with van der Waals surface area (Å²) in [4.78, 5) is 12.2. The zero-order valence-electron chi connectivity index (χ0n) is 9.59. The Bertz CT molecular complexity index is 651. The molecule has 18 heavy (non-hydrogen) atoms. The van der Waals surface area contributed by atoms with Gasteiger partial charge in [0, 0.05) is 11.8 Å². The quantitative estimate of drug-likeness (QED) is 0.760. The molecule has 0 aliphatic rings. The van der Waals surface area contributed by atoms with Crippen LogP contribution in [-0.2, 0) is 6.42 Å². The van der Waals surface area contributed by atoms with E-state index in [0.29, 0.717) is 6.54 Å². The van der Waals surface area contributed by atoms with Crippen LogP contribution in [-0.4, -0.2) is 21.5 Å². The Morgan fingerprint density at radius 3 is 2.72 bits per heavy atom. The summed E-state index contributed by atoms with van der Waals surface area (Å²) in [6.07, 6.45) is 2.59. The zero-order valence-corrected chi connectivity index (χ0v) is 11.2. The molecule has 0 bridgehead atoms. The van der Waals surface area contributed by atoms with E-state index in [1.807, 2.05) is 30.5 Å². The van der Waals surface area contributed by atoms with E-state index in [1.165, 1.54) is 0 Å². The van der Waals surface area contributed by atoms with E-state index in [9.17, 15) is 0 Å². The largest absolute Gasteiger partial charge is 0.341 e. The Kier molecular flexibility index (Phi) is 4.90. The zero-order chi connectivity index (χ0) is 11.0. The second-order valence-corrected chi connectivity index (χ2v) is 3.76. The first kappa shape index (κ1) is 14.7. The third kappa shape index (κ3) is 2.41. The molecule has 0 radical (unpaired) electrons. The van der Waals surface area contributed by atoms with Crippen LogP contribution in [0.25, 0.3) is 21.9 Å². The number of halogens is 2. The third-order valence-corrected chi connectivity index (χ3v) is 2.65. The van der Waals surface area contributed by atoms with Gasteiger partial charge in [0.2, 0.25) is 0 Å². The SMILES string of the molecule is Cl.Cl.NCCc1nc2c(cnc3ccccc32)[nH]1. The topological polar surface area (TPSA) is 67.6 Å². The summed E-state index contributed by atoms with van der Waals surface area (Å²) in [5.41, 5.74) is 8.45. The van der Waals surface area contributed by atoms with Gasteiger partial charge in [-0.1, -0.05) is 18.2 Å². The second kappa shape index (κ2) is 6.00. The van der Waals surface area contributed by atoms with Gasteiger partial charge in [0.25, 0.3) is 0 Å². The molecule has 3 N–H and O–H groups in total. The summed E-state index contributed by atoms with van der Waals surface area (Å²) in [7, 11) is 0. The maximum atomic E-state index is 5.52. The number of fused-ring (bicyclic) bond motifs is 3. The molecule has 3 rings (SSSR count). The minimum absolute atomic E-state index is 0. The molecule has 0 atom stereocenters. The number of hydrogen-bond donors (Lipinski definition) is 2. The first-order valence-electron chi connectivity index (χ1n) is 5.31. The molecule has 4 nitrogen and oxygen atoms in total.